The molecule has 0 atom stereocenters. The van der Waals surface area contributed by atoms with Gasteiger partial charge in [-0.1, -0.05) is 17.7 Å². The number of halogens is 3. The minimum Gasteiger partial charge on any atom is -0.496 e. The van der Waals surface area contributed by atoms with E-state index in [1.54, 1.807) is 24.4 Å². The smallest absolute Gasteiger partial charge is 0.216 e. The van der Waals surface area contributed by atoms with Gasteiger partial charge < -0.3 is 4.74 Å². The number of ether oxygens (including phenoxy) is 1. The fourth-order valence-electron chi connectivity index (χ4n) is 2.68. The van der Waals surface area contributed by atoms with Crippen LogP contribution in [-0.2, 0) is 0 Å². The van der Waals surface area contributed by atoms with Crippen molar-refractivity contribution in [1.82, 2.24) is 24.7 Å². The Bertz CT molecular complexity index is 1140. The van der Waals surface area contributed by atoms with E-state index < -0.39 is 11.8 Å². The molecule has 0 saturated carbocycles. The van der Waals surface area contributed by atoms with Crippen molar-refractivity contribution in [2.75, 3.05) is 7.11 Å². The van der Waals surface area contributed by atoms with Gasteiger partial charge in [0.15, 0.2) is 11.6 Å². The highest BCUT2D eigenvalue weighted by Gasteiger charge is 2.16. The van der Waals surface area contributed by atoms with Gasteiger partial charge in [-0.2, -0.15) is 9.49 Å². The number of hydrogen-bond donors (Lipinski definition) is 0. The van der Waals surface area contributed by atoms with Crippen LogP contribution in [0.25, 0.3) is 28.5 Å². The molecule has 4 aromatic rings. The van der Waals surface area contributed by atoms with E-state index in [-0.39, 0.29) is 22.2 Å². The molecule has 0 aliphatic rings. The molecule has 140 valence electrons. The lowest BCUT2D eigenvalue weighted by Gasteiger charge is -2.08. The SMILES string of the molecule is COc1cccc(F)c1-c1nccc(-c2cnn(-c3cc(Cl)cc(F)n3)c2)n1. The highest BCUT2D eigenvalue weighted by molar-refractivity contribution is 6.30. The quantitative estimate of drug-likeness (QED) is 0.478. The van der Waals surface area contributed by atoms with Crippen LogP contribution in [0.15, 0.2) is 55.0 Å². The molecule has 6 nitrogen and oxygen atoms in total. The van der Waals surface area contributed by atoms with E-state index in [1.165, 1.54) is 36.3 Å². The average Bonchev–Trinajstić information content (AvgIpc) is 3.17. The third kappa shape index (κ3) is 3.41. The molecule has 0 radical (unpaired) electrons. The highest BCUT2D eigenvalue weighted by Crippen LogP contribution is 2.31. The normalized spacial score (nSPS) is 10.9. The van der Waals surface area contributed by atoms with E-state index in [0.29, 0.717) is 17.0 Å². The van der Waals surface area contributed by atoms with Gasteiger partial charge in [0.1, 0.15) is 11.6 Å². The monoisotopic (exact) mass is 399 g/mol. The van der Waals surface area contributed by atoms with E-state index in [4.69, 9.17) is 16.3 Å². The van der Waals surface area contributed by atoms with Gasteiger partial charge in [-0.25, -0.2) is 24.0 Å². The Kier molecular flexibility index (Phi) is 4.70. The third-order valence-corrected chi connectivity index (χ3v) is 4.15. The minimum absolute atomic E-state index is 0.165. The van der Waals surface area contributed by atoms with E-state index in [9.17, 15) is 8.78 Å². The summed E-state index contributed by atoms with van der Waals surface area (Å²) >= 11 is 5.87. The first-order valence-electron chi connectivity index (χ1n) is 8.09. The van der Waals surface area contributed by atoms with Gasteiger partial charge in [0, 0.05) is 35.1 Å². The predicted molar refractivity (Wildman–Crippen MR) is 99.3 cm³/mol. The lowest BCUT2D eigenvalue weighted by Crippen LogP contribution is -1.99. The summed E-state index contributed by atoms with van der Waals surface area (Å²) in [5.41, 5.74) is 1.28. The largest absolute Gasteiger partial charge is 0.496 e. The minimum atomic E-state index is -0.712. The molecule has 3 aromatic heterocycles. The average molecular weight is 400 g/mol. The molecule has 4 rings (SSSR count). The Morgan fingerprint density at radius 2 is 1.96 bits per heavy atom. The second-order valence-corrected chi connectivity index (χ2v) is 6.16. The lowest BCUT2D eigenvalue weighted by atomic mass is 10.1. The Morgan fingerprint density at radius 1 is 1.11 bits per heavy atom. The summed E-state index contributed by atoms with van der Waals surface area (Å²) in [4.78, 5) is 12.3. The van der Waals surface area contributed by atoms with Crippen molar-refractivity contribution in [3.8, 4) is 34.2 Å². The first kappa shape index (κ1) is 18.0. The van der Waals surface area contributed by atoms with Crippen LogP contribution in [0.1, 0.15) is 0 Å². The second-order valence-electron chi connectivity index (χ2n) is 5.72. The maximum Gasteiger partial charge on any atom is 0.216 e. The molecule has 9 heteroatoms. The molecule has 3 heterocycles. The fraction of sp³-hybridized carbons (Fsp3) is 0.0526. The number of methoxy groups -OCH3 is 1. The second kappa shape index (κ2) is 7.32. The van der Waals surface area contributed by atoms with E-state index in [1.807, 2.05) is 0 Å². The zero-order valence-corrected chi connectivity index (χ0v) is 15.2. The zero-order valence-electron chi connectivity index (χ0n) is 14.5. The van der Waals surface area contributed by atoms with Crippen molar-refractivity contribution in [1.29, 1.82) is 0 Å². The topological polar surface area (TPSA) is 65.7 Å². The molecular formula is C19H12ClF2N5O. The van der Waals surface area contributed by atoms with Gasteiger partial charge in [-0.05, 0) is 18.2 Å². The molecule has 0 spiro atoms. The van der Waals surface area contributed by atoms with Crippen molar-refractivity contribution in [2.45, 2.75) is 0 Å². The molecular weight excluding hydrogens is 388 g/mol. The van der Waals surface area contributed by atoms with Crippen molar-refractivity contribution in [3.63, 3.8) is 0 Å². The van der Waals surface area contributed by atoms with Crippen LogP contribution in [0.2, 0.25) is 5.02 Å². The van der Waals surface area contributed by atoms with Crippen LogP contribution in [0.4, 0.5) is 8.78 Å². The third-order valence-electron chi connectivity index (χ3n) is 3.93. The molecule has 0 amide bonds. The van der Waals surface area contributed by atoms with Crippen LogP contribution in [0, 0.1) is 11.8 Å². The van der Waals surface area contributed by atoms with Gasteiger partial charge in [-0.15, -0.1) is 0 Å². The van der Waals surface area contributed by atoms with Gasteiger partial charge in [0.25, 0.3) is 0 Å². The summed E-state index contributed by atoms with van der Waals surface area (Å²) in [6.07, 6.45) is 4.66. The van der Waals surface area contributed by atoms with E-state index in [2.05, 4.69) is 20.1 Å². The van der Waals surface area contributed by atoms with E-state index >= 15 is 0 Å². The number of pyridine rings is 1. The maximum absolute atomic E-state index is 14.3. The van der Waals surface area contributed by atoms with Gasteiger partial charge in [-0.3, -0.25) is 0 Å². The van der Waals surface area contributed by atoms with Crippen molar-refractivity contribution >= 4 is 11.6 Å². The maximum atomic E-state index is 14.3. The molecule has 0 saturated heterocycles. The lowest BCUT2D eigenvalue weighted by molar-refractivity contribution is 0.413. The summed E-state index contributed by atoms with van der Waals surface area (Å²) in [6, 6.07) is 8.73. The standard InChI is InChI=1S/C19H12ClF2N5O/c1-28-15-4-2-3-13(21)18(15)19-23-6-5-14(25-19)11-9-24-27(10-11)17-8-12(20)7-16(22)26-17/h2-10H,1H3. The van der Waals surface area contributed by atoms with Crippen molar-refractivity contribution < 1.29 is 13.5 Å². The van der Waals surface area contributed by atoms with Gasteiger partial charge in [0.05, 0.1) is 24.6 Å². The summed E-state index contributed by atoms with van der Waals surface area (Å²) in [6.45, 7) is 0. The molecule has 0 aliphatic heterocycles. The molecule has 0 aliphatic carbocycles. The Labute approximate surface area is 163 Å². The van der Waals surface area contributed by atoms with Crippen LogP contribution in [0.5, 0.6) is 5.75 Å². The molecule has 0 fully saturated rings. The fourth-order valence-corrected chi connectivity index (χ4v) is 2.87. The van der Waals surface area contributed by atoms with Crippen molar-refractivity contribution in [2.24, 2.45) is 0 Å². The first-order chi connectivity index (χ1) is 13.5. The van der Waals surface area contributed by atoms with Gasteiger partial charge in [0.2, 0.25) is 5.95 Å². The predicted octanol–water partition coefficient (Wildman–Crippen LogP) is 4.33. The Morgan fingerprint density at radius 3 is 2.75 bits per heavy atom. The number of benzene rings is 1. The summed E-state index contributed by atoms with van der Waals surface area (Å²) in [5.74, 6) is -0.485. The molecule has 1 aromatic carbocycles. The highest BCUT2D eigenvalue weighted by atomic mass is 35.5. The van der Waals surface area contributed by atoms with Gasteiger partial charge >= 0.3 is 0 Å². The number of hydrogen-bond acceptors (Lipinski definition) is 5. The van der Waals surface area contributed by atoms with Crippen LogP contribution in [0.3, 0.4) is 0 Å². The van der Waals surface area contributed by atoms with E-state index in [0.717, 1.165) is 6.07 Å². The number of aromatic nitrogens is 5. The zero-order chi connectivity index (χ0) is 19.7. The molecule has 0 bridgehead atoms. The van der Waals surface area contributed by atoms with Crippen LogP contribution in [-0.4, -0.2) is 31.8 Å². The molecule has 28 heavy (non-hydrogen) atoms. The Balaban J connectivity index is 1.75. The summed E-state index contributed by atoms with van der Waals surface area (Å²) in [5, 5.41) is 4.37. The summed E-state index contributed by atoms with van der Waals surface area (Å²) in [7, 11) is 1.45. The molecule has 0 N–H and O–H groups in total. The number of rotatable bonds is 4. The first-order valence-corrected chi connectivity index (χ1v) is 8.47. The van der Waals surface area contributed by atoms with Crippen LogP contribution < -0.4 is 4.74 Å². The Hall–Kier alpha value is -3.39. The van der Waals surface area contributed by atoms with Crippen LogP contribution >= 0.6 is 11.6 Å². The number of nitrogens with zero attached hydrogens (tertiary/aromatic N) is 5. The molecule has 0 unspecified atom stereocenters. The van der Waals surface area contributed by atoms with Crippen molar-refractivity contribution in [3.05, 3.63) is 71.8 Å². The summed E-state index contributed by atoms with van der Waals surface area (Å²) < 4.78 is 34.4.